The Balaban J connectivity index is 1.91. The summed E-state index contributed by atoms with van der Waals surface area (Å²) >= 11 is 1.69. The van der Waals surface area contributed by atoms with Gasteiger partial charge in [-0.2, -0.15) is 0 Å². The number of nitrogen functional groups attached to an aromatic ring is 1. The summed E-state index contributed by atoms with van der Waals surface area (Å²) in [4.78, 5) is 4.41. The number of rotatable bonds is 4. The summed E-state index contributed by atoms with van der Waals surface area (Å²) in [5, 5.41) is 6.55. The van der Waals surface area contributed by atoms with E-state index in [9.17, 15) is 0 Å². The lowest BCUT2D eigenvalue weighted by molar-refractivity contribution is 0.690. The molecule has 0 fully saturated rings. The van der Waals surface area contributed by atoms with Crippen molar-refractivity contribution in [2.24, 2.45) is 0 Å². The van der Waals surface area contributed by atoms with E-state index in [1.165, 1.54) is 5.56 Å². The summed E-state index contributed by atoms with van der Waals surface area (Å²) < 4.78 is 0. The van der Waals surface area contributed by atoms with E-state index in [4.69, 9.17) is 5.73 Å². The van der Waals surface area contributed by atoms with Crippen LogP contribution in [0.25, 0.3) is 0 Å². The van der Waals surface area contributed by atoms with Gasteiger partial charge < -0.3 is 11.1 Å². The van der Waals surface area contributed by atoms with Crippen LogP contribution >= 0.6 is 11.3 Å². The van der Waals surface area contributed by atoms with Gasteiger partial charge in [-0.25, -0.2) is 4.98 Å². The maximum Gasteiger partial charge on any atom is 0.107 e. The highest BCUT2D eigenvalue weighted by molar-refractivity contribution is 7.09. The molecule has 0 unspecified atom stereocenters. The second-order valence-corrected chi connectivity index (χ2v) is 5.13. The fourth-order valence-corrected chi connectivity index (χ4v) is 2.42. The Hall–Kier alpha value is -1.39. The number of nitrogens with one attached hydrogen (secondary N) is 1. The maximum absolute atomic E-state index is 5.92. The van der Waals surface area contributed by atoms with Crippen LogP contribution in [-0.2, 0) is 13.1 Å². The van der Waals surface area contributed by atoms with Crippen molar-refractivity contribution in [1.82, 2.24) is 10.3 Å². The zero-order valence-electron chi connectivity index (χ0n) is 10.2. The van der Waals surface area contributed by atoms with E-state index in [0.29, 0.717) is 0 Å². The largest absolute Gasteiger partial charge is 0.398 e. The van der Waals surface area contributed by atoms with Gasteiger partial charge in [0.2, 0.25) is 0 Å². The lowest BCUT2D eigenvalue weighted by Crippen LogP contribution is -2.13. The quantitative estimate of drug-likeness (QED) is 0.817. The average molecular weight is 247 g/mol. The van der Waals surface area contributed by atoms with Crippen LogP contribution in [0.1, 0.15) is 21.8 Å². The minimum atomic E-state index is 0.784. The SMILES string of the molecule is Cc1ccc(N)c(CNCc2nc(C)cs2)c1. The zero-order valence-corrected chi connectivity index (χ0v) is 11.0. The van der Waals surface area contributed by atoms with Gasteiger partial charge in [0.15, 0.2) is 0 Å². The molecule has 1 heterocycles. The number of thiazole rings is 1. The van der Waals surface area contributed by atoms with E-state index >= 15 is 0 Å². The molecule has 1 aromatic heterocycles. The van der Waals surface area contributed by atoms with Crippen LogP contribution in [0, 0.1) is 13.8 Å². The molecule has 0 aliphatic carbocycles. The molecular formula is C13H17N3S. The first-order chi connectivity index (χ1) is 8.15. The minimum absolute atomic E-state index is 0.784. The van der Waals surface area contributed by atoms with E-state index in [1.54, 1.807) is 11.3 Å². The molecule has 0 aliphatic heterocycles. The fraction of sp³-hybridized carbons (Fsp3) is 0.308. The number of anilines is 1. The molecular weight excluding hydrogens is 230 g/mol. The van der Waals surface area contributed by atoms with Gasteiger partial charge in [-0.15, -0.1) is 11.3 Å². The highest BCUT2D eigenvalue weighted by Crippen LogP contribution is 2.14. The van der Waals surface area contributed by atoms with E-state index < -0.39 is 0 Å². The molecule has 0 atom stereocenters. The molecule has 0 saturated carbocycles. The third-order valence-corrected chi connectivity index (χ3v) is 3.52. The lowest BCUT2D eigenvalue weighted by Gasteiger charge is -2.07. The van der Waals surface area contributed by atoms with Gasteiger partial charge in [0.1, 0.15) is 5.01 Å². The monoisotopic (exact) mass is 247 g/mol. The second kappa shape index (κ2) is 5.29. The zero-order chi connectivity index (χ0) is 12.3. The summed E-state index contributed by atoms with van der Waals surface area (Å²) in [6, 6.07) is 6.11. The summed E-state index contributed by atoms with van der Waals surface area (Å²) in [5.41, 5.74) is 10.2. The van der Waals surface area contributed by atoms with Crippen molar-refractivity contribution in [3.63, 3.8) is 0 Å². The Morgan fingerprint density at radius 2 is 2.12 bits per heavy atom. The van der Waals surface area contributed by atoms with Crippen molar-refractivity contribution in [3.05, 3.63) is 45.4 Å². The Labute approximate surface area is 106 Å². The summed E-state index contributed by atoms with van der Waals surface area (Å²) in [6.07, 6.45) is 0. The van der Waals surface area contributed by atoms with E-state index in [1.807, 2.05) is 19.1 Å². The van der Waals surface area contributed by atoms with E-state index in [-0.39, 0.29) is 0 Å². The van der Waals surface area contributed by atoms with Gasteiger partial charge in [0.25, 0.3) is 0 Å². The van der Waals surface area contributed by atoms with Crippen molar-refractivity contribution in [1.29, 1.82) is 0 Å². The molecule has 0 bridgehead atoms. The first kappa shape index (κ1) is 12.1. The molecule has 3 N–H and O–H groups in total. The number of hydrogen-bond donors (Lipinski definition) is 2. The first-order valence-electron chi connectivity index (χ1n) is 5.62. The van der Waals surface area contributed by atoms with E-state index in [0.717, 1.165) is 35.0 Å². The summed E-state index contributed by atoms with van der Waals surface area (Å²) in [5.74, 6) is 0. The number of aromatic nitrogens is 1. The highest BCUT2D eigenvalue weighted by Gasteiger charge is 2.01. The number of aryl methyl sites for hydroxylation is 2. The molecule has 2 aromatic rings. The topological polar surface area (TPSA) is 50.9 Å². The van der Waals surface area contributed by atoms with Crippen LogP contribution in [0.15, 0.2) is 23.6 Å². The third kappa shape index (κ3) is 3.28. The number of benzene rings is 1. The van der Waals surface area contributed by atoms with Crippen LogP contribution in [0.5, 0.6) is 0 Å². The molecule has 17 heavy (non-hydrogen) atoms. The van der Waals surface area contributed by atoms with Crippen LogP contribution in [0.2, 0.25) is 0 Å². The molecule has 2 rings (SSSR count). The van der Waals surface area contributed by atoms with Crippen molar-refractivity contribution < 1.29 is 0 Å². The normalized spacial score (nSPS) is 10.7. The summed E-state index contributed by atoms with van der Waals surface area (Å²) in [7, 11) is 0. The van der Waals surface area contributed by atoms with Crippen LogP contribution in [-0.4, -0.2) is 4.98 Å². The minimum Gasteiger partial charge on any atom is -0.398 e. The van der Waals surface area contributed by atoms with Crippen LogP contribution < -0.4 is 11.1 Å². The smallest absolute Gasteiger partial charge is 0.107 e. The van der Waals surface area contributed by atoms with Gasteiger partial charge >= 0.3 is 0 Å². The lowest BCUT2D eigenvalue weighted by atomic mass is 10.1. The first-order valence-corrected chi connectivity index (χ1v) is 6.50. The van der Waals surface area contributed by atoms with Gasteiger partial charge in [-0.3, -0.25) is 0 Å². The average Bonchev–Trinajstić information content (AvgIpc) is 2.69. The predicted octanol–water partition coefficient (Wildman–Crippen LogP) is 2.63. The number of hydrogen-bond acceptors (Lipinski definition) is 4. The fourth-order valence-electron chi connectivity index (χ4n) is 1.68. The van der Waals surface area contributed by atoms with Crippen LogP contribution in [0.3, 0.4) is 0 Å². The van der Waals surface area contributed by atoms with Gasteiger partial charge in [-0.1, -0.05) is 17.7 Å². The number of nitrogens with two attached hydrogens (primary N) is 1. The molecule has 0 saturated heterocycles. The molecule has 0 radical (unpaired) electrons. The Morgan fingerprint density at radius 1 is 1.29 bits per heavy atom. The van der Waals surface area contributed by atoms with Gasteiger partial charge in [0, 0.05) is 29.9 Å². The molecule has 4 heteroatoms. The van der Waals surface area contributed by atoms with Gasteiger partial charge in [-0.05, 0) is 25.5 Å². The second-order valence-electron chi connectivity index (χ2n) is 4.19. The Bertz CT molecular complexity index is 505. The Kier molecular flexibility index (Phi) is 3.76. The molecule has 0 aliphatic rings. The van der Waals surface area contributed by atoms with Crippen molar-refractivity contribution >= 4 is 17.0 Å². The highest BCUT2D eigenvalue weighted by atomic mass is 32.1. The van der Waals surface area contributed by atoms with Crippen molar-refractivity contribution in [2.75, 3.05) is 5.73 Å². The molecule has 90 valence electrons. The third-order valence-electron chi connectivity index (χ3n) is 2.56. The molecule has 1 aromatic carbocycles. The maximum atomic E-state index is 5.92. The molecule has 0 spiro atoms. The van der Waals surface area contributed by atoms with Crippen LogP contribution in [0.4, 0.5) is 5.69 Å². The summed E-state index contributed by atoms with van der Waals surface area (Å²) in [6.45, 7) is 5.67. The van der Waals surface area contributed by atoms with E-state index in [2.05, 4.69) is 28.7 Å². The molecule has 3 nitrogen and oxygen atoms in total. The van der Waals surface area contributed by atoms with Crippen molar-refractivity contribution in [2.45, 2.75) is 26.9 Å². The molecule has 0 amide bonds. The Morgan fingerprint density at radius 3 is 2.82 bits per heavy atom. The standard InChI is InChI=1S/C13H17N3S/c1-9-3-4-12(14)11(5-9)6-15-7-13-16-10(2)8-17-13/h3-5,8,15H,6-7,14H2,1-2H3. The van der Waals surface area contributed by atoms with Crippen molar-refractivity contribution in [3.8, 4) is 0 Å². The van der Waals surface area contributed by atoms with Gasteiger partial charge in [0.05, 0.1) is 0 Å². The predicted molar refractivity (Wildman–Crippen MR) is 73.0 cm³/mol. The number of nitrogens with zero attached hydrogens (tertiary/aromatic N) is 1.